The predicted molar refractivity (Wildman–Crippen MR) is 234 cm³/mol. The first-order chi connectivity index (χ1) is 26.8. The van der Waals surface area contributed by atoms with Gasteiger partial charge in [0.2, 0.25) is 0 Å². The Morgan fingerprint density at radius 2 is 1.56 bits per heavy atom. The minimum absolute atomic E-state index is 0.0414. The summed E-state index contributed by atoms with van der Waals surface area (Å²) in [6.07, 6.45) is 17.7. The van der Waals surface area contributed by atoms with Crippen molar-refractivity contribution in [2.24, 2.45) is 39.4 Å². The van der Waals surface area contributed by atoms with Gasteiger partial charge >= 0.3 is 0 Å². The highest BCUT2D eigenvalue weighted by atomic mass is 35.5. The van der Waals surface area contributed by atoms with Crippen molar-refractivity contribution in [3.8, 4) is 0 Å². The van der Waals surface area contributed by atoms with E-state index in [1.807, 2.05) is 35.4 Å². The fourth-order valence-corrected chi connectivity index (χ4v) is 13.0. The summed E-state index contributed by atoms with van der Waals surface area (Å²) in [5, 5.41) is 22.4. The van der Waals surface area contributed by atoms with E-state index in [2.05, 4.69) is 66.4 Å². The molecule has 2 aromatic carbocycles. The fraction of sp³-hybridized carbons (Fsp3) is 0.667. The summed E-state index contributed by atoms with van der Waals surface area (Å²) in [5.74, 6) is 2.03. The topological polar surface area (TPSA) is 60.8 Å². The monoisotopic (exact) mass is 802 g/mol. The molecule has 4 nitrogen and oxygen atoms in total. The Morgan fingerprint density at radius 3 is 2.21 bits per heavy atom. The molecule has 0 radical (unpaired) electrons. The van der Waals surface area contributed by atoms with Crippen LogP contribution in [0.4, 0.5) is 4.39 Å². The smallest absolute Gasteiger partial charge is 0.162 e. The highest BCUT2D eigenvalue weighted by Crippen LogP contribution is 2.72. The maximum atomic E-state index is 12.9. The summed E-state index contributed by atoms with van der Waals surface area (Å²) in [6, 6.07) is 13.1. The van der Waals surface area contributed by atoms with E-state index in [4.69, 9.17) is 11.6 Å². The number of piperidine rings is 1. The number of fused-ring (bicyclic) bond motifs is 4. The number of carbonyl (C=O) groups is 1. The lowest BCUT2D eigenvalue weighted by Crippen LogP contribution is -2.55. The molecule has 0 amide bonds. The van der Waals surface area contributed by atoms with Crippen LogP contribution in [0.3, 0.4) is 0 Å². The molecule has 3 fully saturated rings. The van der Waals surface area contributed by atoms with E-state index < -0.39 is 5.60 Å². The van der Waals surface area contributed by atoms with Crippen LogP contribution in [0.15, 0.2) is 71.3 Å². The summed E-state index contributed by atoms with van der Waals surface area (Å²) in [5.41, 5.74) is 7.08. The number of hydrogen-bond acceptors (Lipinski definition) is 4. The Hall–Kier alpha value is -2.31. The number of carbonyl (C=O) groups excluding carboxylic acids is 1. The molecule has 0 aromatic heterocycles. The quantitative estimate of drug-likeness (QED) is 0.186. The SMILES string of the molecule is CC(C)=CCCC(C)C1CCC2(C)C3=C(CCC12C)C1(C)CCC(O)C(C)(C)C1CC3.O=C(CCCN1CCC(O)(c2ccc(Cl)cc2)CC1)c1ccc(F)cc1. The predicted octanol–water partition coefficient (Wildman–Crippen LogP) is 12.9. The standard InChI is InChI=1S/C30H50O.C21H23ClFNO2/c1-20(2)10-9-11-21(3)22-14-18-30(8)24-12-13-25-27(4,5)26(31)16-17-28(25,6)23(24)15-19-29(22,30)7;22-18-7-5-17(6-8-18)21(26)11-14-24(15-12-21)13-1-2-20(25)16-3-9-19(23)10-4-16/h10,21-22,25-26,31H,9,11-19H2,1-8H3;3-10,26H,1-2,11-15H2. The molecule has 57 heavy (non-hydrogen) atoms. The highest BCUT2D eigenvalue weighted by molar-refractivity contribution is 6.30. The number of ketones is 1. The van der Waals surface area contributed by atoms with Gasteiger partial charge in [-0.25, -0.2) is 4.39 Å². The maximum Gasteiger partial charge on any atom is 0.162 e. The number of aliphatic hydroxyl groups is 2. The van der Waals surface area contributed by atoms with Gasteiger partial charge in [-0.2, -0.15) is 0 Å². The average Bonchev–Trinajstić information content (AvgIpc) is 3.45. The molecule has 4 aliphatic carbocycles. The molecule has 2 aromatic rings. The van der Waals surface area contributed by atoms with Crippen LogP contribution in [0.2, 0.25) is 5.02 Å². The summed E-state index contributed by atoms with van der Waals surface area (Å²) in [6.45, 7) is 22.0. The Bertz CT molecular complexity index is 1770. The lowest BCUT2D eigenvalue weighted by atomic mass is 9.43. The van der Waals surface area contributed by atoms with Crippen LogP contribution >= 0.6 is 11.6 Å². The molecule has 2 saturated carbocycles. The normalized spacial score (nSPS) is 32.2. The molecule has 314 valence electrons. The third-order valence-corrected chi connectivity index (χ3v) is 17.0. The van der Waals surface area contributed by atoms with Gasteiger partial charge in [-0.15, -0.1) is 0 Å². The second-order valence-corrected chi connectivity index (χ2v) is 20.9. The van der Waals surface area contributed by atoms with Crippen molar-refractivity contribution in [3.05, 3.63) is 93.3 Å². The van der Waals surface area contributed by atoms with Crippen LogP contribution in [0.25, 0.3) is 0 Å². The third-order valence-electron chi connectivity index (χ3n) is 16.8. The van der Waals surface area contributed by atoms with Crippen molar-refractivity contribution in [2.45, 2.75) is 157 Å². The number of rotatable bonds is 10. The van der Waals surface area contributed by atoms with Crippen LogP contribution in [-0.2, 0) is 5.60 Å². The highest BCUT2D eigenvalue weighted by Gasteiger charge is 2.63. The van der Waals surface area contributed by atoms with Gasteiger partial charge in [0.1, 0.15) is 5.82 Å². The van der Waals surface area contributed by atoms with Crippen molar-refractivity contribution >= 4 is 17.4 Å². The Balaban J connectivity index is 0.000000196. The van der Waals surface area contributed by atoms with Gasteiger partial charge < -0.3 is 15.1 Å². The van der Waals surface area contributed by atoms with E-state index in [1.54, 1.807) is 0 Å². The third kappa shape index (κ3) is 8.80. The van der Waals surface area contributed by atoms with Crippen molar-refractivity contribution in [2.75, 3.05) is 19.6 Å². The van der Waals surface area contributed by atoms with E-state index >= 15 is 0 Å². The number of aliphatic hydroxyl groups excluding tert-OH is 1. The number of allylic oxidation sites excluding steroid dienone is 4. The first-order valence-corrected chi connectivity index (χ1v) is 22.8. The summed E-state index contributed by atoms with van der Waals surface area (Å²) >= 11 is 5.92. The fourth-order valence-electron chi connectivity index (χ4n) is 12.9. The van der Waals surface area contributed by atoms with Gasteiger partial charge in [-0.1, -0.05) is 88.1 Å². The summed E-state index contributed by atoms with van der Waals surface area (Å²) in [7, 11) is 0. The van der Waals surface area contributed by atoms with Gasteiger partial charge in [0, 0.05) is 30.1 Å². The van der Waals surface area contributed by atoms with Crippen LogP contribution < -0.4 is 0 Å². The maximum absolute atomic E-state index is 12.9. The summed E-state index contributed by atoms with van der Waals surface area (Å²) in [4.78, 5) is 14.4. The lowest BCUT2D eigenvalue weighted by Gasteiger charge is -2.62. The molecule has 6 heteroatoms. The number of hydrogen-bond donors (Lipinski definition) is 2. The number of benzene rings is 2. The minimum atomic E-state index is -0.801. The Kier molecular flexibility index (Phi) is 13.5. The number of likely N-dealkylation sites (tertiary alicyclic amines) is 1. The average molecular weight is 803 g/mol. The van der Waals surface area contributed by atoms with Crippen LogP contribution in [0.1, 0.15) is 161 Å². The molecule has 1 heterocycles. The molecule has 2 N–H and O–H groups in total. The van der Waals surface area contributed by atoms with Crippen molar-refractivity contribution in [1.29, 1.82) is 0 Å². The first-order valence-electron chi connectivity index (χ1n) is 22.4. The largest absolute Gasteiger partial charge is 0.393 e. The number of nitrogens with zero attached hydrogens (tertiary/aromatic N) is 1. The van der Waals surface area contributed by atoms with E-state index in [0.717, 1.165) is 49.9 Å². The molecular weight excluding hydrogens is 729 g/mol. The number of halogens is 2. The molecule has 1 aliphatic heterocycles. The minimum Gasteiger partial charge on any atom is -0.393 e. The Labute approximate surface area is 349 Å². The lowest BCUT2D eigenvalue weighted by molar-refractivity contribution is -0.0962. The molecule has 5 aliphatic rings. The zero-order valence-corrected chi connectivity index (χ0v) is 37.3. The van der Waals surface area contributed by atoms with E-state index in [-0.39, 0.29) is 23.1 Å². The zero-order chi connectivity index (χ0) is 41.4. The second-order valence-electron chi connectivity index (χ2n) is 20.5. The Morgan fingerprint density at radius 1 is 0.895 bits per heavy atom. The molecule has 1 saturated heterocycles. The van der Waals surface area contributed by atoms with Crippen LogP contribution in [0.5, 0.6) is 0 Å². The number of Topliss-reactive ketones (excluding diaryl/α,β-unsaturated/α-hetero) is 1. The molecule has 0 bridgehead atoms. The molecule has 7 rings (SSSR count). The van der Waals surface area contributed by atoms with Crippen LogP contribution in [-0.4, -0.2) is 46.6 Å². The first kappa shape index (κ1) is 44.2. The van der Waals surface area contributed by atoms with Gasteiger partial charge in [0.05, 0.1) is 11.7 Å². The zero-order valence-electron chi connectivity index (χ0n) is 36.5. The van der Waals surface area contributed by atoms with Gasteiger partial charge in [-0.05, 0) is 185 Å². The van der Waals surface area contributed by atoms with Crippen molar-refractivity contribution < 1.29 is 19.4 Å². The van der Waals surface area contributed by atoms with E-state index in [9.17, 15) is 19.4 Å². The molecule has 7 atom stereocenters. The molecule has 0 spiro atoms. The molecular formula is C51H73ClFNO3. The molecule has 7 unspecified atom stereocenters. The second kappa shape index (κ2) is 17.3. The van der Waals surface area contributed by atoms with E-state index in [1.165, 1.54) is 87.6 Å². The summed E-state index contributed by atoms with van der Waals surface area (Å²) < 4.78 is 12.9. The van der Waals surface area contributed by atoms with Gasteiger partial charge in [-0.3, -0.25) is 4.79 Å². The van der Waals surface area contributed by atoms with Gasteiger partial charge in [0.25, 0.3) is 0 Å². The van der Waals surface area contributed by atoms with Crippen molar-refractivity contribution in [1.82, 2.24) is 4.90 Å². The van der Waals surface area contributed by atoms with Gasteiger partial charge in [0.15, 0.2) is 5.78 Å². The van der Waals surface area contributed by atoms with E-state index in [0.29, 0.717) is 52.0 Å². The van der Waals surface area contributed by atoms with Crippen molar-refractivity contribution in [3.63, 3.8) is 0 Å². The van der Waals surface area contributed by atoms with Crippen LogP contribution in [0, 0.1) is 45.2 Å².